The van der Waals surface area contributed by atoms with Crippen LogP contribution in [0.3, 0.4) is 0 Å². The summed E-state index contributed by atoms with van der Waals surface area (Å²) >= 11 is 0. The molecule has 0 aromatic rings. The molecular weight excluding hydrogens is 138 g/mol. The van der Waals surface area contributed by atoms with E-state index >= 15 is 0 Å². The summed E-state index contributed by atoms with van der Waals surface area (Å²) in [4.78, 5) is 19.7. The maximum absolute atomic E-state index is 9.90. The fourth-order valence-electron chi connectivity index (χ4n) is 0.247. The predicted octanol–water partition coefficient (Wildman–Crippen LogP) is -0.660. The van der Waals surface area contributed by atoms with Crippen LogP contribution < -0.4 is 0 Å². The number of rotatable bonds is 2. The van der Waals surface area contributed by atoms with Crippen molar-refractivity contribution < 1.29 is 19.8 Å². The number of carboxylic acids is 2. The number of hydrogen-bond acceptors (Lipinski definition) is 2. The van der Waals surface area contributed by atoms with Gasteiger partial charge >= 0.3 is 11.9 Å². The zero-order valence-electron chi connectivity index (χ0n) is 6.79. The van der Waals surface area contributed by atoms with Crippen molar-refractivity contribution >= 4 is 49.7 Å². The Morgan fingerprint density at radius 3 is 1.64 bits per heavy atom. The summed E-state index contributed by atoms with van der Waals surface area (Å²) < 4.78 is 0. The van der Waals surface area contributed by atoms with Crippen LogP contribution >= 0.6 is 0 Å². The van der Waals surface area contributed by atoms with Crippen LogP contribution in [0.4, 0.5) is 0 Å². The Labute approximate surface area is 88.0 Å². The number of aliphatic carboxylic acids is 2. The van der Waals surface area contributed by atoms with Gasteiger partial charge in [0.1, 0.15) is 0 Å². The molecular formula is C5H6Li2O4. The molecule has 0 aromatic carbocycles. The van der Waals surface area contributed by atoms with E-state index in [4.69, 9.17) is 10.2 Å². The van der Waals surface area contributed by atoms with Gasteiger partial charge in [0.25, 0.3) is 0 Å². The molecule has 0 aliphatic heterocycles. The summed E-state index contributed by atoms with van der Waals surface area (Å²) in [7, 11) is 0. The molecule has 4 nitrogen and oxygen atoms in total. The van der Waals surface area contributed by atoms with Gasteiger partial charge in [-0.3, -0.25) is 0 Å². The van der Waals surface area contributed by atoms with Crippen LogP contribution in [0.5, 0.6) is 0 Å². The van der Waals surface area contributed by atoms with Gasteiger partial charge < -0.3 is 10.2 Å². The molecule has 0 heterocycles. The average molecular weight is 144 g/mol. The molecule has 0 fully saturated rings. The molecule has 0 aliphatic carbocycles. The zero-order chi connectivity index (χ0) is 7.44. The monoisotopic (exact) mass is 144 g/mol. The van der Waals surface area contributed by atoms with Gasteiger partial charge in [0.15, 0.2) is 0 Å². The van der Waals surface area contributed by atoms with E-state index in [0.717, 1.165) is 0 Å². The molecule has 0 rings (SSSR count). The van der Waals surface area contributed by atoms with E-state index in [0.29, 0.717) is 6.08 Å². The molecule has 0 saturated heterocycles. The Kier molecular flexibility index (Phi) is 12.4. The van der Waals surface area contributed by atoms with Gasteiger partial charge in [-0.1, -0.05) is 0 Å². The molecule has 11 heavy (non-hydrogen) atoms. The third-order valence-electron chi connectivity index (χ3n) is 0.677. The minimum absolute atomic E-state index is 0. The fourth-order valence-corrected chi connectivity index (χ4v) is 0.247. The first-order chi connectivity index (χ1) is 4.04. The maximum atomic E-state index is 9.90. The van der Waals surface area contributed by atoms with Crippen molar-refractivity contribution in [1.29, 1.82) is 0 Å². The Morgan fingerprint density at radius 1 is 1.18 bits per heavy atom. The molecule has 0 unspecified atom stereocenters. The summed E-state index contributed by atoms with van der Waals surface area (Å²) in [5.74, 6) is -2.45. The SMILES string of the molecule is C/C(=C/C(=O)O)C(=O)O.[Li].[Li]. The van der Waals surface area contributed by atoms with Gasteiger partial charge in [0.05, 0.1) is 0 Å². The van der Waals surface area contributed by atoms with Crippen LogP contribution in [0.25, 0.3) is 0 Å². The third kappa shape index (κ3) is 9.87. The van der Waals surface area contributed by atoms with Crippen molar-refractivity contribution in [3.8, 4) is 0 Å². The van der Waals surface area contributed by atoms with Crippen LogP contribution in [0.15, 0.2) is 11.6 Å². The largest absolute Gasteiger partial charge is 0.478 e. The van der Waals surface area contributed by atoms with Gasteiger partial charge in [-0.05, 0) is 6.92 Å². The molecule has 0 spiro atoms. The quantitative estimate of drug-likeness (QED) is 0.398. The number of carboxylic acid groups (broad SMARTS) is 2. The molecule has 6 heteroatoms. The first-order valence-corrected chi connectivity index (χ1v) is 2.18. The minimum atomic E-state index is -1.24. The van der Waals surface area contributed by atoms with Crippen LogP contribution in [-0.4, -0.2) is 59.9 Å². The Morgan fingerprint density at radius 2 is 1.55 bits per heavy atom. The van der Waals surface area contributed by atoms with Crippen molar-refractivity contribution in [3.63, 3.8) is 0 Å². The summed E-state index contributed by atoms with van der Waals surface area (Å²) in [5.41, 5.74) is -0.178. The molecule has 0 aliphatic rings. The molecule has 0 amide bonds. The number of carbonyl (C=O) groups is 2. The second-order valence-electron chi connectivity index (χ2n) is 1.47. The number of hydrogen-bond donors (Lipinski definition) is 2. The zero-order valence-corrected chi connectivity index (χ0v) is 6.79. The van der Waals surface area contributed by atoms with Gasteiger partial charge in [-0.15, -0.1) is 0 Å². The normalized spacial score (nSPS) is 9.00. The maximum Gasteiger partial charge on any atom is 0.331 e. The molecule has 0 saturated carbocycles. The van der Waals surface area contributed by atoms with Crippen LogP contribution in [0, 0.1) is 0 Å². The first kappa shape index (κ1) is 17.1. The van der Waals surface area contributed by atoms with Crippen LogP contribution in [0.2, 0.25) is 0 Å². The topological polar surface area (TPSA) is 74.6 Å². The second kappa shape index (κ2) is 7.98. The van der Waals surface area contributed by atoms with Crippen molar-refractivity contribution in [3.05, 3.63) is 11.6 Å². The summed E-state index contributed by atoms with van der Waals surface area (Å²) in [6.45, 7) is 1.22. The molecule has 2 radical (unpaired) electrons. The second-order valence-corrected chi connectivity index (χ2v) is 1.47. The van der Waals surface area contributed by atoms with Gasteiger partial charge in [-0.2, -0.15) is 0 Å². The van der Waals surface area contributed by atoms with Gasteiger partial charge in [0, 0.05) is 49.4 Å². The van der Waals surface area contributed by atoms with E-state index in [-0.39, 0.29) is 43.3 Å². The standard InChI is InChI=1S/C5H6O4.2Li/c1-3(5(8)9)2-4(6)7;;/h2H,1H3,(H,6,7)(H,8,9);;/b3-2-;;. The first-order valence-electron chi connectivity index (χ1n) is 2.18. The smallest absolute Gasteiger partial charge is 0.331 e. The van der Waals surface area contributed by atoms with E-state index in [2.05, 4.69) is 0 Å². The van der Waals surface area contributed by atoms with Crippen molar-refractivity contribution in [1.82, 2.24) is 0 Å². The Bertz CT molecular complexity index is 175. The molecule has 0 bridgehead atoms. The van der Waals surface area contributed by atoms with Crippen LogP contribution in [0.1, 0.15) is 6.92 Å². The Balaban J connectivity index is -0.000000320. The van der Waals surface area contributed by atoms with E-state index in [1.54, 1.807) is 0 Å². The van der Waals surface area contributed by atoms with Crippen molar-refractivity contribution in [2.45, 2.75) is 6.92 Å². The fraction of sp³-hybridized carbons (Fsp3) is 0.200. The van der Waals surface area contributed by atoms with Crippen LogP contribution in [-0.2, 0) is 9.59 Å². The minimum Gasteiger partial charge on any atom is -0.478 e. The van der Waals surface area contributed by atoms with E-state index < -0.39 is 11.9 Å². The van der Waals surface area contributed by atoms with Gasteiger partial charge in [-0.25, -0.2) is 9.59 Å². The van der Waals surface area contributed by atoms with E-state index in [9.17, 15) is 9.59 Å². The molecule has 0 aromatic heterocycles. The van der Waals surface area contributed by atoms with Crippen molar-refractivity contribution in [2.75, 3.05) is 0 Å². The Hall–Kier alpha value is -0.125. The summed E-state index contributed by atoms with van der Waals surface area (Å²) in [5, 5.41) is 16.1. The summed E-state index contributed by atoms with van der Waals surface area (Å²) in [6.07, 6.45) is 0.641. The van der Waals surface area contributed by atoms with E-state index in [1.165, 1.54) is 6.92 Å². The predicted molar refractivity (Wildman–Crippen MR) is 40.5 cm³/mol. The van der Waals surface area contributed by atoms with Gasteiger partial charge in [0.2, 0.25) is 0 Å². The third-order valence-corrected chi connectivity index (χ3v) is 0.677. The average Bonchev–Trinajstić information content (AvgIpc) is 1.63. The molecule has 52 valence electrons. The van der Waals surface area contributed by atoms with E-state index in [1.807, 2.05) is 0 Å². The summed E-state index contributed by atoms with van der Waals surface area (Å²) in [6, 6.07) is 0. The van der Waals surface area contributed by atoms with Crippen molar-refractivity contribution in [2.24, 2.45) is 0 Å². The molecule has 2 N–H and O–H groups in total. The molecule has 0 atom stereocenters.